The monoisotopic (exact) mass is 189 g/mol. The highest BCUT2D eigenvalue weighted by atomic mass is 16.3. The lowest BCUT2D eigenvalue weighted by Gasteiger charge is -2.16. The van der Waals surface area contributed by atoms with Gasteiger partial charge in [0.05, 0.1) is 12.0 Å². The standard InChI is InChI=1S/C12H15NO/c1-12(2,3)13-11(14)9-10-7-5-4-6-8-10/h4-9H,1-3H3. The van der Waals surface area contributed by atoms with Gasteiger partial charge in [-0.3, -0.25) is 4.99 Å². The molecule has 0 heterocycles. The van der Waals surface area contributed by atoms with Crippen molar-refractivity contribution >= 4 is 5.90 Å². The predicted molar refractivity (Wildman–Crippen MR) is 57.0 cm³/mol. The largest absolute Gasteiger partial charge is 0.848 e. The van der Waals surface area contributed by atoms with E-state index in [1.807, 2.05) is 51.1 Å². The van der Waals surface area contributed by atoms with Crippen molar-refractivity contribution in [3.63, 3.8) is 0 Å². The Hall–Kier alpha value is -1.44. The number of rotatable bonds is 2. The van der Waals surface area contributed by atoms with E-state index >= 15 is 0 Å². The number of benzene rings is 1. The van der Waals surface area contributed by atoms with E-state index in [-0.39, 0.29) is 11.4 Å². The fourth-order valence-corrected chi connectivity index (χ4v) is 1.05. The van der Waals surface area contributed by atoms with Gasteiger partial charge in [0.25, 0.3) is 0 Å². The zero-order valence-corrected chi connectivity index (χ0v) is 8.82. The van der Waals surface area contributed by atoms with Gasteiger partial charge in [0.15, 0.2) is 0 Å². The lowest BCUT2D eigenvalue weighted by molar-refractivity contribution is -0.214. The van der Waals surface area contributed by atoms with Crippen LogP contribution >= 0.6 is 0 Å². The molecular weight excluding hydrogens is 174 g/mol. The summed E-state index contributed by atoms with van der Waals surface area (Å²) in [6, 6.07) is 9.49. The minimum atomic E-state index is -0.303. The molecule has 0 aromatic heterocycles. The number of aliphatic imine (C=N–C) groups is 1. The first-order chi connectivity index (χ1) is 6.47. The minimum Gasteiger partial charge on any atom is -0.848 e. The predicted octanol–water partition coefficient (Wildman–Crippen LogP) is 1.80. The number of hydrogen-bond donors (Lipinski definition) is 0. The Morgan fingerprint density at radius 2 is 1.79 bits per heavy atom. The van der Waals surface area contributed by atoms with Crippen LogP contribution in [-0.2, 0) is 0 Å². The molecular formula is C12H15NO. The molecule has 0 saturated carbocycles. The van der Waals surface area contributed by atoms with Crippen molar-refractivity contribution in [1.29, 1.82) is 0 Å². The molecule has 14 heavy (non-hydrogen) atoms. The quantitative estimate of drug-likeness (QED) is 0.397. The maximum absolute atomic E-state index is 11.4. The summed E-state index contributed by atoms with van der Waals surface area (Å²) in [6.07, 6.45) is 1.55. The van der Waals surface area contributed by atoms with Gasteiger partial charge in [0.1, 0.15) is 5.56 Å². The minimum absolute atomic E-state index is 0.177. The topological polar surface area (TPSA) is 35.4 Å². The average Bonchev–Trinajstić information content (AvgIpc) is 2.02. The Morgan fingerprint density at radius 3 is 2.29 bits per heavy atom. The second kappa shape index (κ2) is 4.18. The van der Waals surface area contributed by atoms with E-state index in [2.05, 4.69) is 4.99 Å². The summed E-state index contributed by atoms with van der Waals surface area (Å²) >= 11 is 0. The van der Waals surface area contributed by atoms with E-state index in [1.165, 1.54) is 0 Å². The second-order valence-corrected chi connectivity index (χ2v) is 4.18. The third-order valence-corrected chi connectivity index (χ3v) is 1.54. The fraction of sp³-hybridized carbons (Fsp3) is 0.333. The van der Waals surface area contributed by atoms with Crippen LogP contribution in [0, 0.1) is 6.42 Å². The first-order valence-electron chi connectivity index (χ1n) is 4.64. The highest BCUT2D eigenvalue weighted by molar-refractivity contribution is 5.85. The van der Waals surface area contributed by atoms with Crippen molar-refractivity contribution in [3.05, 3.63) is 42.3 Å². The van der Waals surface area contributed by atoms with E-state index in [0.717, 1.165) is 5.56 Å². The molecule has 0 atom stereocenters. The lowest BCUT2D eigenvalue weighted by Crippen LogP contribution is -2.24. The van der Waals surface area contributed by atoms with E-state index in [0.29, 0.717) is 0 Å². The summed E-state index contributed by atoms with van der Waals surface area (Å²) in [7, 11) is 0. The van der Waals surface area contributed by atoms with Crippen LogP contribution in [0.4, 0.5) is 0 Å². The van der Waals surface area contributed by atoms with Crippen LogP contribution in [-0.4, -0.2) is 11.4 Å². The molecule has 0 spiro atoms. The summed E-state index contributed by atoms with van der Waals surface area (Å²) in [4.78, 5) is 4.01. The first-order valence-corrected chi connectivity index (χ1v) is 4.64. The van der Waals surface area contributed by atoms with Crippen LogP contribution in [0.2, 0.25) is 0 Å². The Morgan fingerprint density at radius 1 is 1.21 bits per heavy atom. The van der Waals surface area contributed by atoms with Crippen molar-refractivity contribution in [2.45, 2.75) is 26.3 Å². The van der Waals surface area contributed by atoms with E-state index in [9.17, 15) is 5.11 Å². The molecule has 1 rings (SSSR count). The zero-order valence-electron chi connectivity index (χ0n) is 8.82. The van der Waals surface area contributed by atoms with Crippen LogP contribution in [0.25, 0.3) is 0 Å². The van der Waals surface area contributed by atoms with Crippen LogP contribution in [0.3, 0.4) is 0 Å². The summed E-state index contributed by atoms with van der Waals surface area (Å²) in [5.74, 6) is -0.177. The molecule has 0 unspecified atom stereocenters. The Kier molecular flexibility index (Phi) is 3.18. The molecule has 1 aromatic rings. The van der Waals surface area contributed by atoms with Crippen LogP contribution in [0.1, 0.15) is 26.3 Å². The van der Waals surface area contributed by atoms with Gasteiger partial charge in [-0.25, -0.2) is 0 Å². The molecule has 2 nitrogen and oxygen atoms in total. The van der Waals surface area contributed by atoms with Gasteiger partial charge in [-0.15, -0.1) is 0 Å². The fourth-order valence-electron chi connectivity index (χ4n) is 1.05. The third-order valence-electron chi connectivity index (χ3n) is 1.54. The lowest BCUT2D eigenvalue weighted by atomic mass is 10.1. The molecule has 2 heteroatoms. The molecule has 0 aliphatic rings. The van der Waals surface area contributed by atoms with Gasteiger partial charge in [0, 0.05) is 18.0 Å². The second-order valence-electron chi connectivity index (χ2n) is 4.18. The van der Waals surface area contributed by atoms with Gasteiger partial charge in [-0.05, 0) is 39.0 Å². The summed E-state index contributed by atoms with van der Waals surface area (Å²) in [5.41, 5.74) is 0.591. The molecule has 0 radical (unpaired) electrons. The third kappa shape index (κ3) is 3.99. The van der Waals surface area contributed by atoms with Crippen molar-refractivity contribution in [2.24, 2.45) is 4.99 Å². The summed E-state index contributed by atoms with van der Waals surface area (Å²) < 4.78 is 0. The van der Waals surface area contributed by atoms with Crippen molar-refractivity contribution in [1.82, 2.24) is 0 Å². The van der Waals surface area contributed by atoms with Gasteiger partial charge in [-0.1, -0.05) is 0 Å². The molecule has 0 bridgehead atoms. The van der Waals surface area contributed by atoms with Crippen LogP contribution in [0.5, 0.6) is 0 Å². The SMILES string of the molecule is CC(C)(C)N=C([O-])[CH+]c1ccccc1. The maximum atomic E-state index is 11.4. The van der Waals surface area contributed by atoms with E-state index < -0.39 is 0 Å². The average molecular weight is 189 g/mol. The molecule has 1 aromatic carbocycles. The van der Waals surface area contributed by atoms with E-state index in [1.54, 1.807) is 6.42 Å². The Bertz CT molecular complexity index is 309. The van der Waals surface area contributed by atoms with Crippen molar-refractivity contribution in [3.8, 4) is 0 Å². The van der Waals surface area contributed by atoms with E-state index in [4.69, 9.17) is 0 Å². The molecule has 0 N–H and O–H groups in total. The van der Waals surface area contributed by atoms with Crippen molar-refractivity contribution < 1.29 is 5.11 Å². The number of hydrogen-bond acceptors (Lipinski definition) is 2. The van der Waals surface area contributed by atoms with Gasteiger partial charge >= 0.3 is 0 Å². The van der Waals surface area contributed by atoms with Gasteiger partial charge in [0.2, 0.25) is 0 Å². The molecule has 0 aliphatic carbocycles. The number of nitrogens with zero attached hydrogens (tertiary/aromatic N) is 1. The molecule has 0 saturated heterocycles. The summed E-state index contributed by atoms with van der Waals surface area (Å²) in [6.45, 7) is 5.72. The first kappa shape index (κ1) is 10.6. The Balaban J connectivity index is 2.67. The Labute approximate surface area is 85.3 Å². The smallest absolute Gasteiger partial charge is 0.135 e. The van der Waals surface area contributed by atoms with Crippen molar-refractivity contribution in [2.75, 3.05) is 0 Å². The normalized spacial score (nSPS) is 12.6. The zero-order chi connectivity index (χ0) is 10.6. The van der Waals surface area contributed by atoms with Gasteiger partial charge in [-0.2, -0.15) is 0 Å². The summed E-state index contributed by atoms with van der Waals surface area (Å²) in [5, 5.41) is 11.4. The highest BCUT2D eigenvalue weighted by Gasteiger charge is 2.08. The highest BCUT2D eigenvalue weighted by Crippen LogP contribution is 2.08. The van der Waals surface area contributed by atoms with Gasteiger partial charge < -0.3 is 5.11 Å². The van der Waals surface area contributed by atoms with Crippen LogP contribution < -0.4 is 5.11 Å². The molecule has 0 amide bonds. The molecule has 74 valence electrons. The molecule has 0 aliphatic heterocycles. The maximum Gasteiger partial charge on any atom is 0.135 e. The van der Waals surface area contributed by atoms with Crippen LogP contribution in [0.15, 0.2) is 35.3 Å². The molecule has 0 fully saturated rings.